The summed E-state index contributed by atoms with van der Waals surface area (Å²) in [6, 6.07) is 0. The van der Waals surface area contributed by atoms with Crippen molar-refractivity contribution < 1.29 is 0 Å². The molecule has 1 fully saturated rings. The smallest absolute Gasteiger partial charge is 0.0329 e. The SMILES string of the molecule is CCCC(CC)(CN)N1CC(C)C(C)C1. The van der Waals surface area contributed by atoms with Crippen LogP contribution in [0.2, 0.25) is 0 Å². The summed E-state index contributed by atoms with van der Waals surface area (Å²) in [6.45, 7) is 12.6. The molecule has 0 radical (unpaired) electrons. The van der Waals surface area contributed by atoms with E-state index in [9.17, 15) is 0 Å². The molecule has 2 nitrogen and oxygen atoms in total. The molecule has 90 valence electrons. The fourth-order valence-electron chi connectivity index (χ4n) is 2.92. The third-order valence-corrected chi connectivity index (χ3v) is 4.41. The molecule has 2 N–H and O–H groups in total. The van der Waals surface area contributed by atoms with Crippen LogP contribution < -0.4 is 5.73 Å². The number of hydrogen-bond donors (Lipinski definition) is 1. The average Bonchev–Trinajstić information content (AvgIpc) is 2.56. The molecule has 0 aromatic rings. The Bertz CT molecular complexity index is 177. The van der Waals surface area contributed by atoms with Crippen LogP contribution in [-0.4, -0.2) is 30.1 Å². The third kappa shape index (κ3) is 2.54. The van der Waals surface area contributed by atoms with Crippen LogP contribution in [0.3, 0.4) is 0 Å². The number of nitrogens with two attached hydrogens (primary N) is 1. The monoisotopic (exact) mass is 212 g/mol. The van der Waals surface area contributed by atoms with Crippen molar-refractivity contribution in [2.24, 2.45) is 17.6 Å². The van der Waals surface area contributed by atoms with Crippen LogP contribution >= 0.6 is 0 Å². The van der Waals surface area contributed by atoms with Gasteiger partial charge in [0.15, 0.2) is 0 Å². The largest absolute Gasteiger partial charge is 0.329 e. The second-order valence-corrected chi connectivity index (χ2v) is 5.39. The van der Waals surface area contributed by atoms with Crippen molar-refractivity contribution in [2.75, 3.05) is 19.6 Å². The van der Waals surface area contributed by atoms with Gasteiger partial charge >= 0.3 is 0 Å². The molecular formula is C13H28N2. The fraction of sp³-hybridized carbons (Fsp3) is 1.00. The van der Waals surface area contributed by atoms with Gasteiger partial charge in [0.1, 0.15) is 0 Å². The van der Waals surface area contributed by atoms with Crippen molar-refractivity contribution in [2.45, 2.75) is 52.5 Å². The van der Waals surface area contributed by atoms with E-state index in [4.69, 9.17) is 5.73 Å². The van der Waals surface area contributed by atoms with Gasteiger partial charge in [-0.25, -0.2) is 0 Å². The van der Waals surface area contributed by atoms with Crippen molar-refractivity contribution in [3.8, 4) is 0 Å². The van der Waals surface area contributed by atoms with Crippen molar-refractivity contribution in [1.29, 1.82) is 0 Å². The minimum Gasteiger partial charge on any atom is -0.329 e. The summed E-state index contributed by atoms with van der Waals surface area (Å²) in [6.07, 6.45) is 3.68. The van der Waals surface area contributed by atoms with Crippen LogP contribution in [0.1, 0.15) is 47.0 Å². The summed E-state index contributed by atoms with van der Waals surface area (Å²) in [5.74, 6) is 1.67. The van der Waals surface area contributed by atoms with E-state index < -0.39 is 0 Å². The second-order valence-electron chi connectivity index (χ2n) is 5.39. The van der Waals surface area contributed by atoms with Gasteiger partial charge in [0.05, 0.1) is 0 Å². The molecule has 0 aromatic carbocycles. The molecular weight excluding hydrogens is 184 g/mol. The maximum atomic E-state index is 6.03. The van der Waals surface area contributed by atoms with E-state index in [2.05, 4.69) is 32.6 Å². The summed E-state index contributed by atoms with van der Waals surface area (Å²) in [7, 11) is 0. The summed E-state index contributed by atoms with van der Waals surface area (Å²) in [5.41, 5.74) is 6.32. The van der Waals surface area contributed by atoms with Crippen molar-refractivity contribution in [1.82, 2.24) is 4.90 Å². The zero-order valence-electron chi connectivity index (χ0n) is 10.9. The minimum atomic E-state index is 0.285. The molecule has 3 unspecified atom stereocenters. The van der Waals surface area contributed by atoms with Crippen LogP contribution in [0.5, 0.6) is 0 Å². The zero-order valence-corrected chi connectivity index (χ0v) is 10.9. The van der Waals surface area contributed by atoms with E-state index in [0.717, 1.165) is 18.4 Å². The van der Waals surface area contributed by atoms with Crippen LogP contribution in [0, 0.1) is 11.8 Å². The Morgan fingerprint density at radius 2 is 1.73 bits per heavy atom. The molecule has 0 aromatic heterocycles. The van der Waals surface area contributed by atoms with Crippen LogP contribution in [0.15, 0.2) is 0 Å². The molecule has 15 heavy (non-hydrogen) atoms. The number of likely N-dealkylation sites (tertiary alicyclic amines) is 1. The van der Waals surface area contributed by atoms with Crippen LogP contribution in [0.4, 0.5) is 0 Å². The Labute approximate surface area is 95.2 Å². The molecule has 1 heterocycles. The third-order valence-electron chi connectivity index (χ3n) is 4.41. The second kappa shape index (κ2) is 5.31. The van der Waals surface area contributed by atoms with Crippen molar-refractivity contribution in [3.05, 3.63) is 0 Å². The normalized spacial score (nSPS) is 31.8. The lowest BCUT2D eigenvalue weighted by Crippen LogP contribution is -2.52. The van der Waals surface area contributed by atoms with E-state index in [0.29, 0.717) is 0 Å². The predicted molar refractivity (Wildman–Crippen MR) is 66.9 cm³/mol. The van der Waals surface area contributed by atoms with Gasteiger partial charge in [0.25, 0.3) is 0 Å². The first kappa shape index (κ1) is 13.0. The van der Waals surface area contributed by atoms with E-state index in [1.807, 2.05) is 0 Å². The Hall–Kier alpha value is -0.0800. The lowest BCUT2D eigenvalue weighted by Gasteiger charge is -2.41. The van der Waals surface area contributed by atoms with Gasteiger partial charge in [-0.15, -0.1) is 0 Å². The zero-order chi connectivity index (χ0) is 11.5. The van der Waals surface area contributed by atoms with Gasteiger partial charge < -0.3 is 5.73 Å². The molecule has 0 spiro atoms. The maximum Gasteiger partial charge on any atom is 0.0329 e. The fourth-order valence-corrected chi connectivity index (χ4v) is 2.92. The maximum absolute atomic E-state index is 6.03. The van der Waals surface area contributed by atoms with Crippen LogP contribution in [-0.2, 0) is 0 Å². The average molecular weight is 212 g/mol. The van der Waals surface area contributed by atoms with E-state index >= 15 is 0 Å². The first-order valence-electron chi connectivity index (χ1n) is 6.54. The molecule has 0 saturated carbocycles. The van der Waals surface area contributed by atoms with Crippen molar-refractivity contribution in [3.63, 3.8) is 0 Å². The summed E-state index contributed by atoms with van der Waals surface area (Å²) in [5, 5.41) is 0. The highest BCUT2D eigenvalue weighted by molar-refractivity contribution is 4.95. The van der Waals surface area contributed by atoms with Crippen LogP contribution in [0.25, 0.3) is 0 Å². The lowest BCUT2D eigenvalue weighted by molar-refractivity contribution is 0.101. The van der Waals surface area contributed by atoms with Gasteiger partial charge in [-0.3, -0.25) is 4.90 Å². The number of nitrogens with zero attached hydrogens (tertiary/aromatic N) is 1. The van der Waals surface area contributed by atoms with Gasteiger partial charge in [-0.2, -0.15) is 0 Å². The molecule has 1 aliphatic heterocycles. The predicted octanol–water partition coefficient (Wildman–Crippen LogP) is 2.48. The summed E-state index contributed by atoms with van der Waals surface area (Å²) in [4.78, 5) is 2.66. The topological polar surface area (TPSA) is 29.3 Å². The Morgan fingerprint density at radius 3 is 2.07 bits per heavy atom. The van der Waals surface area contributed by atoms with Gasteiger partial charge in [-0.1, -0.05) is 34.1 Å². The van der Waals surface area contributed by atoms with Gasteiger partial charge in [0, 0.05) is 25.2 Å². The minimum absolute atomic E-state index is 0.285. The summed E-state index contributed by atoms with van der Waals surface area (Å²) >= 11 is 0. The summed E-state index contributed by atoms with van der Waals surface area (Å²) < 4.78 is 0. The molecule has 1 saturated heterocycles. The molecule has 1 aliphatic rings. The van der Waals surface area contributed by atoms with E-state index in [1.165, 1.54) is 32.4 Å². The standard InChI is InChI=1S/C13H28N2/c1-5-7-13(6-2,10-14)15-8-11(3)12(4)9-15/h11-12H,5-10,14H2,1-4H3. The Kier molecular flexibility index (Phi) is 4.60. The first-order chi connectivity index (χ1) is 7.09. The molecule has 0 amide bonds. The van der Waals surface area contributed by atoms with Gasteiger partial charge in [-0.05, 0) is 24.7 Å². The van der Waals surface area contributed by atoms with E-state index in [-0.39, 0.29) is 5.54 Å². The quantitative estimate of drug-likeness (QED) is 0.758. The lowest BCUT2D eigenvalue weighted by atomic mass is 9.89. The Balaban J connectivity index is 2.72. The van der Waals surface area contributed by atoms with Crippen molar-refractivity contribution >= 4 is 0 Å². The van der Waals surface area contributed by atoms with Gasteiger partial charge in [0.2, 0.25) is 0 Å². The Morgan fingerprint density at radius 1 is 1.20 bits per heavy atom. The molecule has 0 aliphatic carbocycles. The van der Waals surface area contributed by atoms with E-state index in [1.54, 1.807) is 0 Å². The molecule has 2 heteroatoms. The molecule has 1 rings (SSSR count). The highest BCUT2D eigenvalue weighted by Gasteiger charge is 2.39. The molecule has 0 bridgehead atoms. The highest BCUT2D eigenvalue weighted by atomic mass is 15.2. The molecule has 3 atom stereocenters. The highest BCUT2D eigenvalue weighted by Crippen LogP contribution is 2.33. The number of hydrogen-bond acceptors (Lipinski definition) is 2. The number of rotatable bonds is 5. The first-order valence-corrected chi connectivity index (χ1v) is 6.54.